The summed E-state index contributed by atoms with van der Waals surface area (Å²) in [7, 11) is 1.32. The van der Waals surface area contributed by atoms with E-state index in [1.165, 1.54) is 18.9 Å². The van der Waals surface area contributed by atoms with Gasteiger partial charge in [0, 0.05) is 11.8 Å². The number of carbonyl (C=O) groups is 2. The molecule has 0 aliphatic rings. The van der Waals surface area contributed by atoms with Crippen LogP contribution in [0.3, 0.4) is 0 Å². The van der Waals surface area contributed by atoms with E-state index in [4.69, 9.17) is 16.7 Å². The second-order valence-electron chi connectivity index (χ2n) is 4.49. The molecule has 0 amide bonds. The fourth-order valence-corrected chi connectivity index (χ4v) is 2.85. The highest BCUT2D eigenvalue weighted by molar-refractivity contribution is 8.00. The first-order chi connectivity index (χ1) is 11.0. The summed E-state index contributed by atoms with van der Waals surface area (Å²) in [4.78, 5) is 30.1. The number of carboxylic acids is 1. The third kappa shape index (κ3) is 4.94. The standard InChI is InChI=1S/C15H13ClN2O4S/c1-22-13(21)8-23-14-11(7-17-15(16)18-14)10-4-2-9(3-5-10)6-12(19)20/h2-5,7H,6,8H2,1H3,(H,19,20). The van der Waals surface area contributed by atoms with Gasteiger partial charge in [0.05, 0.1) is 19.3 Å². The van der Waals surface area contributed by atoms with E-state index >= 15 is 0 Å². The Bertz CT molecular complexity index is 722. The lowest BCUT2D eigenvalue weighted by Crippen LogP contribution is -2.04. The second kappa shape index (κ2) is 7.94. The molecule has 0 saturated carbocycles. The number of aliphatic carboxylic acids is 1. The number of hydrogen-bond donors (Lipinski definition) is 1. The van der Waals surface area contributed by atoms with E-state index in [1.807, 2.05) is 0 Å². The zero-order chi connectivity index (χ0) is 16.8. The lowest BCUT2D eigenvalue weighted by molar-refractivity contribution is -0.137. The largest absolute Gasteiger partial charge is 0.481 e. The highest BCUT2D eigenvalue weighted by Crippen LogP contribution is 2.30. The predicted octanol–water partition coefficient (Wildman–Crippen LogP) is 2.69. The van der Waals surface area contributed by atoms with Crippen molar-refractivity contribution in [1.82, 2.24) is 9.97 Å². The van der Waals surface area contributed by atoms with Gasteiger partial charge in [-0.05, 0) is 22.7 Å². The smallest absolute Gasteiger partial charge is 0.316 e. The SMILES string of the molecule is COC(=O)CSc1nc(Cl)ncc1-c1ccc(CC(=O)O)cc1. The minimum atomic E-state index is -0.887. The first-order valence-corrected chi connectivity index (χ1v) is 7.89. The van der Waals surface area contributed by atoms with Crippen molar-refractivity contribution < 1.29 is 19.4 Å². The van der Waals surface area contributed by atoms with Crippen molar-refractivity contribution in [3.63, 3.8) is 0 Å². The number of aromatic nitrogens is 2. The van der Waals surface area contributed by atoms with Crippen LogP contribution in [0.2, 0.25) is 5.28 Å². The van der Waals surface area contributed by atoms with E-state index in [1.54, 1.807) is 30.5 Å². The minimum absolute atomic E-state index is 0.0403. The number of rotatable bonds is 6. The minimum Gasteiger partial charge on any atom is -0.481 e. The summed E-state index contributed by atoms with van der Waals surface area (Å²) in [5.41, 5.74) is 2.22. The summed E-state index contributed by atoms with van der Waals surface area (Å²) in [5.74, 6) is -1.15. The lowest BCUT2D eigenvalue weighted by atomic mass is 10.1. The molecule has 23 heavy (non-hydrogen) atoms. The number of methoxy groups -OCH3 is 1. The van der Waals surface area contributed by atoms with Crippen molar-refractivity contribution in [2.45, 2.75) is 11.4 Å². The molecule has 8 heteroatoms. The average Bonchev–Trinajstić information content (AvgIpc) is 2.53. The van der Waals surface area contributed by atoms with E-state index in [2.05, 4.69) is 14.7 Å². The number of benzene rings is 1. The van der Waals surface area contributed by atoms with Gasteiger partial charge in [0.25, 0.3) is 0 Å². The normalized spacial score (nSPS) is 10.3. The first-order valence-electron chi connectivity index (χ1n) is 6.53. The average molecular weight is 353 g/mol. The van der Waals surface area contributed by atoms with Crippen LogP contribution in [-0.4, -0.2) is 39.9 Å². The summed E-state index contributed by atoms with van der Waals surface area (Å²) in [6, 6.07) is 7.03. The molecular weight excluding hydrogens is 340 g/mol. The molecule has 0 saturated heterocycles. The second-order valence-corrected chi connectivity index (χ2v) is 5.79. The van der Waals surface area contributed by atoms with Crippen LogP contribution in [0.25, 0.3) is 11.1 Å². The maximum Gasteiger partial charge on any atom is 0.316 e. The van der Waals surface area contributed by atoms with Gasteiger partial charge in [0.2, 0.25) is 5.28 Å². The molecule has 1 aromatic heterocycles. The zero-order valence-corrected chi connectivity index (χ0v) is 13.7. The topological polar surface area (TPSA) is 89.4 Å². The third-order valence-corrected chi connectivity index (χ3v) is 4.05. The number of nitrogens with zero attached hydrogens (tertiary/aromatic N) is 2. The number of thioether (sulfide) groups is 1. The van der Waals surface area contributed by atoms with E-state index in [0.29, 0.717) is 16.2 Å². The maximum atomic E-state index is 11.3. The summed E-state index contributed by atoms with van der Waals surface area (Å²) >= 11 is 7.02. The molecule has 6 nitrogen and oxygen atoms in total. The summed E-state index contributed by atoms with van der Waals surface area (Å²) in [6.07, 6.45) is 1.53. The molecule has 0 aliphatic heterocycles. The molecule has 2 rings (SSSR count). The maximum absolute atomic E-state index is 11.3. The van der Waals surface area contributed by atoms with Crippen molar-refractivity contribution in [3.8, 4) is 11.1 Å². The van der Waals surface area contributed by atoms with Gasteiger partial charge in [-0.2, -0.15) is 0 Å². The van der Waals surface area contributed by atoms with E-state index in [-0.39, 0.29) is 23.4 Å². The van der Waals surface area contributed by atoms with Crippen LogP contribution in [0.4, 0.5) is 0 Å². The molecule has 1 N–H and O–H groups in total. The summed E-state index contributed by atoms with van der Waals surface area (Å²) < 4.78 is 4.61. The number of ether oxygens (including phenoxy) is 1. The highest BCUT2D eigenvalue weighted by Gasteiger charge is 2.12. The van der Waals surface area contributed by atoms with Gasteiger partial charge in [-0.1, -0.05) is 36.0 Å². The number of carbonyl (C=O) groups excluding carboxylic acids is 1. The molecule has 0 aliphatic carbocycles. The first kappa shape index (κ1) is 17.2. The van der Waals surface area contributed by atoms with Gasteiger partial charge in [-0.25, -0.2) is 9.97 Å². The van der Waals surface area contributed by atoms with E-state index in [0.717, 1.165) is 5.56 Å². The number of carboxylic acid groups (broad SMARTS) is 1. The molecule has 2 aromatic rings. The van der Waals surface area contributed by atoms with E-state index in [9.17, 15) is 9.59 Å². The Balaban J connectivity index is 2.27. The Morgan fingerprint density at radius 1 is 1.30 bits per heavy atom. The number of esters is 1. The van der Waals surface area contributed by atoms with Crippen LogP contribution in [0, 0.1) is 0 Å². The van der Waals surface area contributed by atoms with Gasteiger partial charge in [0.1, 0.15) is 5.03 Å². The van der Waals surface area contributed by atoms with Gasteiger partial charge < -0.3 is 9.84 Å². The van der Waals surface area contributed by atoms with Crippen molar-refractivity contribution >= 4 is 35.3 Å². The lowest BCUT2D eigenvalue weighted by Gasteiger charge is -2.08. The van der Waals surface area contributed by atoms with Crippen molar-refractivity contribution in [3.05, 3.63) is 41.3 Å². The highest BCUT2D eigenvalue weighted by atomic mass is 35.5. The molecule has 0 spiro atoms. The Kier molecular flexibility index (Phi) is 5.95. The molecule has 0 bridgehead atoms. The number of hydrogen-bond acceptors (Lipinski definition) is 6. The Morgan fingerprint density at radius 3 is 2.61 bits per heavy atom. The Morgan fingerprint density at radius 2 is 2.00 bits per heavy atom. The van der Waals surface area contributed by atoms with Crippen LogP contribution >= 0.6 is 23.4 Å². The Labute approximate surface area is 141 Å². The molecule has 0 atom stereocenters. The van der Waals surface area contributed by atoms with Crippen LogP contribution in [0.5, 0.6) is 0 Å². The monoisotopic (exact) mass is 352 g/mol. The van der Waals surface area contributed by atoms with Crippen LogP contribution in [-0.2, 0) is 20.7 Å². The Hall–Kier alpha value is -2.12. The fraction of sp³-hybridized carbons (Fsp3) is 0.200. The van der Waals surface area contributed by atoms with Crippen molar-refractivity contribution in [2.24, 2.45) is 0 Å². The molecule has 1 heterocycles. The van der Waals surface area contributed by atoms with Gasteiger partial charge in [-0.15, -0.1) is 0 Å². The van der Waals surface area contributed by atoms with Gasteiger partial charge in [0.15, 0.2) is 0 Å². The van der Waals surface area contributed by atoms with Gasteiger partial charge >= 0.3 is 11.9 Å². The summed E-state index contributed by atoms with van der Waals surface area (Å²) in [5, 5.41) is 9.43. The fourth-order valence-electron chi connectivity index (χ4n) is 1.82. The molecule has 1 aromatic carbocycles. The van der Waals surface area contributed by atoms with Crippen LogP contribution in [0.1, 0.15) is 5.56 Å². The predicted molar refractivity (Wildman–Crippen MR) is 86.6 cm³/mol. The van der Waals surface area contributed by atoms with Crippen molar-refractivity contribution in [2.75, 3.05) is 12.9 Å². The number of halogens is 1. The third-order valence-electron chi connectivity index (χ3n) is 2.90. The van der Waals surface area contributed by atoms with Crippen LogP contribution in [0.15, 0.2) is 35.5 Å². The zero-order valence-electron chi connectivity index (χ0n) is 12.2. The van der Waals surface area contributed by atoms with Crippen LogP contribution < -0.4 is 0 Å². The molecule has 0 unspecified atom stereocenters. The van der Waals surface area contributed by atoms with Gasteiger partial charge in [-0.3, -0.25) is 9.59 Å². The summed E-state index contributed by atoms with van der Waals surface area (Å²) in [6.45, 7) is 0. The van der Waals surface area contributed by atoms with E-state index < -0.39 is 5.97 Å². The quantitative estimate of drug-likeness (QED) is 0.370. The molecule has 120 valence electrons. The molecule has 0 radical (unpaired) electrons. The van der Waals surface area contributed by atoms with Crippen molar-refractivity contribution in [1.29, 1.82) is 0 Å². The molecule has 0 fully saturated rings. The molecular formula is C15H13ClN2O4S.